The molecule has 1 fully saturated rings. The van der Waals surface area contributed by atoms with Crippen LogP contribution >= 0.6 is 12.4 Å². The Morgan fingerprint density at radius 1 is 0.865 bits per heavy atom. The minimum absolute atomic E-state index is 0. The summed E-state index contributed by atoms with van der Waals surface area (Å²) in [5.41, 5.74) is 3.86. The molecule has 0 aromatic heterocycles. The Morgan fingerprint density at radius 2 is 1.62 bits per heavy atom. The summed E-state index contributed by atoms with van der Waals surface area (Å²) >= 11 is 0. The van der Waals surface area contributed by atoms with E-state index in [9.17, 15) is 9.50 Å². The maximum absolute atomic E-state index is 14.1. The number of hydrogen-bond acceptors (Lipinski definition) is 4. The fourth-order valence-electron chi connectivity index (χ4n) is 5.49. The summed E-state index contributed by atoms with van der Waals surface area (Å²) in [6.07, 6.45) is 4.81. The van der Waals surface area contributed by atoms with Crippen molar-refractivity contribution >= 4 is 23.2 Å². The molecular formula is C31H31ClFNO3. The Bertz CT molecular complexity index is 1380. The molecule has 1 unspecified atom stereocenters. The van der Waals surface area contributed by atoms with Gasteiger partial charge in [0.15, 0.2) is 6.10 Å². The SMILES string of the molecule is Cl.Oc1ccc2c3c(ccc2c1)-c1ccc(F)cc1OC3c1ccc(OCCN2CCCCCC2)cc1. The van der Waals surface area contributed by atoms with Crippen LogP contribution in [0.3, 0.4) is 0 Å². The van der Waals surface area contributed by atoms with Crippen molar-refractivity contribution in [2.24, 2.45) is 0 Å². The second-order valence-corrected chi connectivity index (χ2v) is 9.74. The van der Waals surface area contributed by atoms with E-state index in [-0.39, 0.29) is 24.0 Å². The summed E-state index contributed by atoms with van der Waals surface area (Å²) in [5, 5.41) is 11.9. The van der Waals surface area contributed by atoms with Crippen molar-refractivity contribution < 1.29 is 19.0 Å². The van der Waals surface area contributed by atoms with Gasteiger partial charge in [0.2, 0.25) is 0 Å². The van der Waals surface area contributed by atoms with Crippen LogP contribution in [-0.4, -0.2) is 36.2 Å². The van der Waals surface area contributed by atoms with Gasteiger partial charge in [0.25, 0.3) is 0 Å². The predicted molar refractivity (Wildman–Crippen MR) is 148 cm³/mol. The predicted octanol–water partition coefficient (Wildman–Crippen LogP) is 7.51. The first-order valence-electron chi connectivity index (χ1n) is 12.8. The smallest absolute Gasteiger partial charge is 0.150 e. The van der Waals surface area contributed by atoms with Crippen LogP contribution in [-0.2, 0) is 0 Å². The first kappa shape index (κ1) is 25.4. The van der Waals surface area contributed by atoms with Crippen LogP contribution in [0, 0.1) is 5.82 Å². The molecule has 0 radical (unpaired) electrons. The average Bonchev–Trinajstić information content (AvgIpc) is 3.17. The van der Waals surface area contributed by atoms with Crippen LogP contribution in [0.1, 0.15) is 42.9 Å². The van der Waals surface area contributed by atoms with E-state index in [1.165, 1.54) is 37.8 Å². The molecular weight excluding hydrogens is 489 g/mol. The van der Waals surface area contributed by atoms with Crippen molar-refractivity contribution in [3.8, 4) is 28.4 Å². The van der Waals surface area contributed by atoms with E-state index in [4.69, 9.17) is 9.47 Å². The highest BCUT2D eigenvalue weighted by atomic mass is 35.5. The number of fused-ring (bicyclic) bond motifs is 5. The van der Waals surface area contributed by atoms with Crippen molar-refractivity contribution in [3.63, 3.8) is 0 Å². The molecule has 4 aromatic rings. The second-order valence-electron chi connectivity index (χ2n) is 9.74. The summed E-state index contributed by atoms with van der Waals surface area (Å²) in [7, 11) is 0. The summed E-state index contributed by atoms with van der Waals surface area (Å²) in [4.78, 5) is 2.49. The topological polar surface area (TPSA) is 41.9 Å². The summed E-state index contributed by atoms with van der Waals surface area (Å²) in [6.45, 7) is 3.94. The van der Waals surface area contributed by atoms with E-state index >= 15 is 0 Å². The van der Waals surface area contributed by atoms with Crippen LogP contribution in [0.5, 0.6) is 17.2 Å². The number of halogens is 2. The number of hydrogen-bond donors (Lipinski definition) is 1. The molecule has 0 spiro atoms. The summed E-state index contributed by atoms with van der Waals surface area (Å²) in [6, 6.07) is 22.1. The summed E-state index contributed by atoms with van der Waals surface area (Å²) in [5.74, 6) is 1.26. The minimum atomic E-state index is -0.409. The number of benzene rings is 4. The van der Waals surface area contributed by atoms with Gasteiger partial charge < -0.3 is 14.6 Å². The Balaban J connectivity index is 0.00000280. The molecule has 6 heteroatoms. The number of aromatic hydroxyl groups is 1. The molecule has 37 heavy (non-hydrogen) atoms. The molecule has 192 valence electrons. The van der Waals surface area contributed by atoms with Gasteiger partial charge in [-0.25, -0.2) is 4.39 Å². The molecule has 6 rings (SSSR count). The zero-order valence-corrected chi connectivity index (χ0v) is 21.5. The highest BCUT2D eigenvalue weighted by Crippen LogP contribution is 2.48. The number of phenolic OH excluding ortho intramolecular Hbond substituents is 1. The molecule has 2 heterocycles. The molecule has 4 nitrogen and oxygen atoms in total. The Kier molecular flexibility index (Phi) is 7.54. The maximum Gasteiger partial charge on any atom is 0.150 e. The largest absolute Gasteiger partial charge is 0.508 e. The van der Waals surface area contributed by atoms with Crippen LogP contribution < -0.4 is 9.47 Å². The normalized spacial score (nSPS) is 17.2. The molecule has 0 saturated carbocycles. The Labute approximate surface area is 223 Å². The molecule has 2 aliphatic rings. The highest BCUT2D eigenvalue weighted by Gasteiger charge is 2.29. The van der Waals surface area contributed by atoms with E-state index in [0.717, 1.165) is 58.4 Å². The zero-order valence-electron chi connectivity index (χ0n) is 20.7. The van der Waals surface area contributed by atoms with Gasteiger partial charge in [0.1, 0.15) is 29.7 Å². The maximum atomic E-state index is 14.1. The lowest BCUT2D eigenvalue weighted by Crippen LogP contribution is -2.29. The van der Waals surface area contributed by atoms with E-state index in [1.807, 2.05) is 42.5 Å². The lowest BCUT2D eigenvalue weighted by Gasteiger charge is -2.30. The van der Waals surface area contributed by atoms with Crippen molar-refractivity contribution in [1.29, 1.82) is 0 Å². The molecule has 1 atom stereocenters. The van der Waals surface area contributed by atoms with Crippen LogP contribution in [0.25, 0.3) is 21.9 Å². The Morgan fingerprint density at radius 3 is 2.41 bits per heavy atom. The standard InChI is InChI=1S/C31H30FNO3.ClH/c32-23-8-13-27-28-12-7-22-19-24(34)9-14-26(22)30(28)31(36-29(27)20-23)21-5-10-25(11-6-21)35-18-17-33-15-3-1-2-4-16-33;/h5-14,19-20,31,34H,1-4,15-18H2;1H. The molecule has 0 aliphatic carbocycles. The molecule has 4 aromatic carbocycles. The van der Waals surface area contributed by atoms with Gasteiger partial charge in [-0.15, -0.1) is 12.4 Å². The van der Waals surface area contributed by atoms with Gasteiger partial charge in [0, 0.05) is 23.7 Å². The van der Waals surface area contributed by atoms with Gasteiger partial charge in [-0.2, -0.15) is 0 Å². The first-order chi connectivity index (χ1) is 17.7. The third kappa shape index (κ3) is 5.25. The van der Waals surface area contributed by atoms with Crippen molar-refractivity contribution in [2.45, 2.75) is 31.8 Å². The quantitative estimate of drug-likeness (QED) is 0.296. The molecule has 1 saturated heterocycles. The Hall–Kier alpha value is -3.28. The highest BCUT2D eigenvalue weighted by molar-refractivity contribution is 5.95. The van der Waals surface area contributed by atoms with Crippen LogP contribution in [0.15, 0.2) is 72.8 Å². The molecule has 0 amide bonds. The van der Waals surface area contributed by atoms with Gasteiger partial charge in [-0.05, 0) is 84.2 Å². The zero-order chi connectivity index (χ0) is 24.5. The number of likely N-dealkylation sites (tertiary alicyclic amines) is 1. The number of phenols is 1. The first-order valence-corrected chi connectivity index (χ1v) is 12.8. The van der Waals surface area contributed by atoms with E-state index < -0.39 is 6.10 Å². The number of rotatable bonds is 5. The third-order valence-corrected chi connectivity index (χ3v) is 7.34. The van der Waals surface area contributed by atoms with Gasteiger partial charge in [-0.1, -0.05) is 43.2 Å². The lowest BCUT2D eigenvalue weighted by molar-refractivity contribution is 0.213. The molecule has 2 aliphatic heterocycles. The van der Waals surface area contributed by atoms with Crippen LogP contribution in [0.4, 0.5) is 4.39 Å². The molecule has 1 N–H and O–H groups in total. The number of ether oxygens (including phenoxy) is 2. The monoisotopic (exact) mass is 519 g/mol. The molecule has 0 bridgehead atoms. The second kappa shape index (κ2) is 11.0. The third-order valence-electron chi connectivity index (χ3n) is 7.34. The van der Waals surface area contributed by atoms with Crippen LogP contribution in [0.2, 0.25) is 0 Å². The average molecular weight is 520 g/mol. The van der Waals surface area contributed by atoms with Crippen molar-refractivity contribution in [3.05, 3.63) is 89.7 Å². The fraction of sp³-hybridized carbons (Fsp3) is 0.290. The van der Waals surface area contributed by atoms with E-state index in [0.29, 0.717) is 12.4 Å². The van der Waals surface area contributed by atoms with Gasteiger partial charge >= 0.3 is 0 Å². The number of nitrogens with zero attached hydrogens (tertiary/aromatic N) is 1. The van der Waals surface area contributed by atoms with Gasteiger partial charge in [0.05, 0.1) is 0 Å². The minimum Gasteiger partial charge on any atom is -0.508 e. The fourth-order valence-corrected chi connectivity index (χ4v) is 5.49. The van der Waals surface area contributed by atoms with E-state index in [1.54, 1.807) is 18.2 Å². The van der Waals surface area contributed by atoms with Crippen molar-refractivity contribution in [2.75, 3.05) is 26.2 Å². The summed E-state index contributed by atoms with van der Waals surface area (Å²) < 4.78 is 26.6. The van der Waals surface area contributed by atoms with E-state index in [2.05, 4.69) is 4.90 Å². The van der Waals surface area contributed by atoms with Gasteiger partial charge in [-0.3, -0.25) is 4.90 Å². The van der Waals surface area contributed by atoms with Crippen molar-refractivity contribution in [1.82, 2.24) is 4.90 Å². The lowest BCUT2D eigenvalue weighted by atomic mass is 9.86.